The molecule has 0 amide bonds. The van der Waals surface area contributed by atoms with E-state index in [-0.39, 0.29) is 11.3 Å². The van der Waals surface area contributed by atoms with Gasteiger partial charge in [-0.05, 0) is 44.7 Å². The molecule has 0 aromatic rings. The minimum Gasteiger partial charge on any atom is -0.317 e. The maximum atomic E-state index is 12.7. The molecule has 0 aromatic heterocycles. The minimum atomic E-state index is 0.0276. The molecule has 1 N–H and O–H groups in total. The number of hydrogen-bond donors (Lipinski definition) is 1. The Hall–Kier alpha value is -0.370. The van der Waals surface area contributed by atoms with Gasteiger partial charge in [0.05, 0.1) is 0 Å². The third-order valence-corrected chi connectivity index (χ3v) is 4.90. The Labute approximate surface area is 106 Å². The number of Topliss-reactive ketones (excluding diaryl/α,β-unsaturated/α-hetero) is 1. The number of carbonyl (C=O) groups is 1. The van der Waals surface area contributed by atoms with E-state index in [1.54, 1.807) is 0 Å². The largest absolute Gasteiger partial charge is 0.317 e. The van der Waals surface area contributed by atoms with Crippen molar-refractivity contribution in [2.24, 2.45) is 17.3 Å². The molecule has 1 saturated heterocycles. The summed E-state index contributed by atoms with van der Waals surface area (Å²) in [5, 5.41) is 3.42. The molecule has 0 aromatic carbocycles. The SMILES string of the molecule is CC(C)C(=O)C1(C2CCCCC2)CCNCC1. The monoisotopic (exact) mass is 237 g/mol. The molecule has 2 nitrogen and oxygen atoms in total. The molecule has 0 bridgehead atoms. The molecule has 0 radical (unpaired) electrons. The summed E-state index contributed by atoms with van der Waals surface area (Å²) in [6.45, 7) is 6.23. The highest BCUT2D eigenvalue weighted by molar-refractivity contribution is 5.87. The van der Waals surface area contributed by atoms with Gasteiger partial charge < -0.3 is 5.32 Å². The molecule has 0 spiro atoms. The van der Waals surface area contributed by atoms with Gasteiger partial charge in [0, 0.05) is 11.3 Å². The molecule has 1 aliphatic carbocycles. The average Bonchev–Trinajstić information content (AvgIpc) is 2.39. The summed E-state index contributed by atoms with van der Waals surface area (Å²) in [6.07, 6.45) is 8.79. The maximum Gasteiger partial charge on any atom is 0.141 e. The van der Waals surface area contributed by atoms with Crippen LogP contribution in [0.3, 0.4) is 0 Å². The van der Waals surface area contributed by atoms with Crippen molar-refractivity contribution in [2.75, 3.05) is 13.1 Å². The van der Waals surface area contributed by atoms with E-state index >= 15 is 0 Å². The van der Waals surface area contributed by atoms with Gasteiger partial charge in [-0.2, -0.15) is 0 Å². The number of carbonyl (C=O) groups excluding carboxylic acids is 1. The van der Waals surface area contributed by atoms with Gasteiger partial charge in [-0.25, -0.2) is 0 Å². The molecular formula is C15H27NO. The highest BCUT2D eigenvalue weighted by atomic mass is 16.1. The number of ketones is 1. The Morgan fingerprint density at radius 2 is 1.71 bits per heavy atom. The summed E-state index contributed by atoms with van der Waals surface area (Å²) in [6, 6.07) is 0. The molecule has 2 aliphatic rings. The van der Waals surface area contributed by atoms with Gasteiger partial charge in [-0.1, -0.05) is 33.1 Å². The second-order valence-electron chi connectivity index (χ2n) is 6.26. The molecule has 2 rings (SSSR count). The number of rotatable bonds is 3. The molecule has 98 valence electrons. The van der Waals surface area contributed by atoms with Crippen molar-refractivity contribution in [3.05, 3.63) is 0 Å². The fourth-order valence-corrected chi connectivity index (χ4v) is 3.96. The highest BCUT2D eigenvalue weighted by Gasteiger charge is 2.46. The predicted molar refractivity (Wildman–Crippen MR) is 71.0 cm³/mol. The van der Waals surface area contributed by atoms with E-state index in [2.05, 4.69) is 19.2 Å². The standard InChI is InChI=1S/C15H27NO/c1-12(2)14(17)15(8-10-16-11-9-15)13-6-4-3-5-7-13/h12-13,16H,3-11H2,1-2H3. The zero-order valence-corrected chi connectivity index (χ0v) is 11.4. The van der Waals surface area contributed by atoms with Crippen molar-refractivity contribution in [1.29, 1.82) is 0 Å². The van der Waals surface area contributed by atoms with E-state index in [1.165, 1.54) is 32.1 Å². The van der Waals surface area contributed by atoms with Crippen LogP contribution < -0.4 is 5.32 Å². The van der Waals surface area contributed by atoms with E-state index in [0.717, 1.165) is 25.9 Å². The average molecular weight is 237 g/mol. The van der Waals surface area contributed by atoms with E-state index in [9.17, 15) is 4.79 Å². The summed E-state index contributed by atoms with van der Waals surface area (Å²) in [5.41, 5.74) is 0.0276. The summed E-state index contributed by atoms with van der Waals surface area (Å²) in [5.74, 6) is 1.43. The smallest absolute Gasteiger partial charge is 0.141 e. The first-order valence-electron chi connectivity index (χ1n) is 7.42. The summed E-state index contributed by atoms with van der Waals surface area (Å²) >= 11 is 0. The lowest BCUT2D eigenvalue weighted by Crippen LogP contribution is -2.49. The fraction of sp³-hybridized carbons (Fsp3) is 0.933. The molecule has 0 atom stereocenters. The van der Waals surface area contributed by atoms with Crippen LogP contribution in [0.25, 0.3) is 0 Å². The fourth-order valence-electron chi connectivity index (χ4n) is 3.96. The Bertz CT molecular complexity index is 260. The highest BCUT2D eigenvalue weighted by Crippen LogP contribution is 2.46. The third-order valence-electron chi connectivity index (χ3n) is 4.90. The Kier molecular flexibility index (Phi) is 4.24. The van der Waals surface area contributed by atoms with Gasteiger partial charge in [-0.3, -0.25) is 4.79 Å². The zero-order valence-electron chi connectivity index (χ0n) is 11.4. The van der Waals surface area contributed by atoms with Crippen molar-refractivity contribution < 1.29 is 4.79 Å². The van der Waals surface area contributed by atoms with E-state index in [4.69, 9.17) is 0 Å². The van der Waals surface area contributed by atoms with Crippen molar-refractivity contribution in [3.8, 4) is 0 Å². The number of hydrogen-bond acceptors (Lipinski definition) is 2. The molecule has 0 unspecified atom stereocenters. The lowest BCUT2D eigenvalue weighted by Gasteiger charge is -2.45. The number of nitrogens with one attached hydrogen (secondary N) is 1. The van der Waals surface area contributed by atoms with E-state index < -0.39 is 0 Å². The van der Waals surface area contributed by atoms with Gasteiger partial charge in [0.2, 0.25) is 0 Å². The van der Waals surface area contributed by atoms with Crippen molar-refractivity contribution in [2.45, 2.75) is 58.8 Å². The number of piperidine rings is 1. The van der Waals surface area contributed by atoms with Crippen LogP contribution in [0.1, 0.15) is 58.8 Å². The van der Waals surface area contributed by atoms with Crippen molar-refractivity contribution in [1.82, 2.24) is 5.32 Å². The summed E-state index contributed by atoms with van der Waals surface area (Å²) < 4.78 is 0. The van der Waals surface area contributed by atoms with Gasteiger partial charge in [-0.15, -0.1) is 0 Å². The van der Waals surface area contributed by atoms with Gasteiger partial charge in [0.15, 0.2) is 0 Å². The quantitative estimate of drug-likeness (QED) is 0.817. The van der Waals surface area contributed by atoms with Crippen LogP contribution in [-0.4, -0.2) is 18.9 Å². The molecule has 1 heterocycles. The molecular weight excluding hydrogens is 210 g/mol. The maximum absolute atomic E-state index is 12.7. The topological polar surface area (TPSA) is 29.1 Å². The second kappa shape index (κ2) is 5.51. The van der Waals surface area contributed by atoms with Gasteiger partial charge in [0.25, 0.3) is 0 Å². The van der Waals surface area contributed by atoms with Crippen LogP contribution in [0.5, 0.6) is 0 Å². The van der Waals surface area contributed by atoms with Gasteiger partial charge in [0.1, 0.15) is 5.78 Å². The predicted octanol–water partition coefficient (Wildman–Crippen LogP) is 3.16. The first-order chi connectivity index (χ1) is 8.17. The summed E-state index contributed by atoms with van der Waals surface area (Å²) in [7, 11) is 0. The molecule has 1 aliphatic heterocycles. The van der Waals surface area contributed by atoms with Crippen molar-refractivity contribution in [3.63, 3.8) is 0 Å². The van der Waals surface area contributed by atoms with E-state index in [0.29, 0.717) is 11.7 Å². The van der Waals surface area contributed by atoms with Crippen molar-refractivity contribution >= 4 is 5.78 Å². The zero-order chi connectivity index (χ0) is 12.3. The molecule has 2 fully saturated rings. The van der Waals surface area contributed by atoms with Crippen LogP contribution in [0.15, 0.2) is 0 Å². The van der Waals surface area contributed by atoms with Crippen LogP contribution >= 0.6 is 0 Å². The second-order valence-corrected chi connectivity index (χ2v) is 6.26. The molecule has 1 saturated carbocycles. The van der Waals surface area contributed by atoms with Crippen LogP contribution in [0.2, 0.25) is 0 Å². The Morgan fingerprint density at radius 1 is 1.12 bits per heavy atom. The van der Waals surface area contributed by atoms with E-state index in [1.807, 2.05) is 0 Å². The lowest BCUT2D eigenvalue weighted by atomic mass is 9.60. The first-order valence-corrected chi connectivity index (χ1v) is 7.42. The summed E-state index contributed by atoms with van der Waals surface area (Å²) in [4.78, 5) is 12.7. The Balaban J connectivity index is 2.18. The van der Waals surface area contributed by atoms with Crippen LogP contribution in [-0.2, 0) is 4.79 Å². The third kappa shape index (κ3) is 2.57. The lowest BCUT2D eigenvalue weighted by molar-refractivity contribution is -0.138. The first kappa shape index (κ1) is 13.1. The minimum absolute atomic E-state index is 0.0276. The van der Waals surface area contributed by atoms with Gasteiger partial charge >= 0.3 is 0 Å². The Morgan fingerprint density at radius 3 is 2.24 bits per heavy atom. The van der Waals surface area contributed by atoms with Crippen LogP contribution in [0, 0.1) is 17.3 Å². The normalized spacial score (nSPS) is 26.1. The molecule has 2 heteroatoms. The van der Waals surface area contributed by atoms with Crippen LogP contribution in [0.4, 0.5) is 0 Å². The molecule has 17 heavy (non-hydrogen) atoms.